The third kappa shape index (κ3) is 7.75. The quantitative estimate of drug-likeness (QED) is 0.339. The highest BCUT2D eigenvalue weighted by Gasteiger charge is 2.28. The van der Waals surface area contributed by atoms with Gasteiger partial charge in [-0.15, -0.1) is 0 Å². The van der Waals surface area contributed by atoms with Crippen molar-refractivity contribution in [3.05, 3.63) is 59.7 Å². The first-order valence-corrected chi connectivity index (χ1v) is 14.6. The molecule has 0 aromatic heterocycles. The van der Waals surface area contributed by atoms with E-state index in [2.05, 4.69) is 16.0 Å². The lowest BCUT2D eigenvalue weighted by atomic mass is 9.96. The molecular formula is C31H43N5O4. The summed E-state index contributed by atoms with van der Waals surface area (Å²) in [7, 11) is 1.77. The number of carbonyl (C=O) groups is 3. The molecule has 1 heterocycles. The molecule has 1 aliphatic heterocycles. The highest BCUT2D eigenvalue weighted by Crippen LogP contribution is 2.27. The topological polar surface area (TPSA) is 114 Å². The number of anilines is 2. The number of aliphatic hydroxyl groups excluding tert-OH is 1. The average molecular weight is 550 g/mol. The van der Waals surface area contributed by atoms with Crippen LogP contribution in [0.15, 0.2) is 48.5 Å². The second-order valence-corrected chi connectivity index (χ2v) is 10.8. The molecule has 1 aliphatic carbocycles. The van der Waals surface area contributed by atoms with Crippen molar-refractivity contribution >= 4 is 29.2 Å². The number of aliphatic hydroxyl groups is 1. The van der Waals surface area contributed by atoms with Crippen molar-refractivity contribution in [2.45, 2.75) is 76.5 Å². The third-order valence-electron chi connectivity index (χ3n) is 7.94. The highest BCUT2D eigenvalue weighted by molar-refractivity contribution is 6.00. The van der Waals surface area contributed by atoms with Gasteiger partial charge in [-0.2, -0.15) is 0 Å². The Morgan fingerprint density at radius 1 is 1.07 bits per heavy atom. The van der Waals surface area contributed by atoms with Gasteiger partial charge in [0, 0.05) is 49.5 Å². The summed E-state index contributed by atoms with van der Waals surface area (Å²) in [5, 5.41) is 20.6. The normalized spacial score (nSPS) is 17.3. The molecule has 1 saturated carbocycles. The van der Waals surface area contributed by atoms with Crippen molar-refractivity contribution in [3.63, 3.8) is 0 Å². The van der Waals surface area contributed by atoms with E-state index in [0.29, 0.717) is 37.2 Å². The highest BCUT2D eigenvalue weighted by atomic mass is 16.3. The molecule has 2 fully saturated rings. The van der Waals surface area contributed by atoms with Crippen LogP contribution in [-0.2, 0) is 11.2 Å². The van der Waals surface area contributed by atoms with E-state index < -0.39 is 12.1 Å². The third-order valence-corrected chi connectivity index (χ3v) is 7.94. The van der Waals surface area contributed by atoms with Gasteiger partial charge in [0.05, 0.1) is 18.7 Å². The van der Waals surface area contributed by atoms with Gasteiger partial charge in [-0.25, -0.2) is 4.79 Å². The predicted molar refractivity (Wildman–Crippen MR) is 158 cm³/mol. The summed E-state index contributed by atoms with van der Waals surface area (Å²) in [4.78, 5) is 42.3. The SMILES string of the molecule is CCN(C[C@H](O)[C@H](Cc1ccccc1)NC(=O)c1cc(NC)cc(N2CCCC2=O)c1)C(=O)NC1CCCCC1. The fraction of sp³-hybridized carbons (Fsp3) is 0.516. The lowest BCUT2D eigenvalue weighted by Gasteiger charge is -2.32. The monoisotopic (exact) mass is 549 g/mol. The smallest absolute Gasteiger partial charge is 0.317 e. The molecule has 0 unspecified atom stereocenters. The van der Waals surface area contributed by atoms with Crippen LogP contribution in [0.3, 0.4) is 0 Å². The van der Waals surface area contributed by atoms with Crippen LogP contribution in [0.2, 0.25) is 0 Å². The number of likely N-dealkylation sites (N-methyl/N-ethyl adjacent to an activating group) is 1. The van der Waals surface area contributed by atoms with Gasteiger partial charge in [-0.3, -0.25) is 9.59 Å². The zero-order valence-electron chi connectivity index (χ0n) is 23.7. The van der Waals surface area contributed by atoms with Crippen LogP contribution in [0.4, 0.5) is 16.2 Å². The van der Waals surface area contributed by atoms with Gasteiger partial charge in [0.2, 0.25) is 5.91 Å². The summed E-state index contributed by atoms with van der Waals surface area (Å²) >= 11 is 0. The molecule has 9 nitrogen and oxygen atoms in total. The minimum atomic E-state index is -0.992. The maximum absolute atomic E-state index is 13.6. The summed E-state index contributed by atoms with van der Waals surface area (Å²) in [5.74, 6) is -0.303. The molecule has 0 spiro atoms. The second kappa shape index (κ2) is 14.2. The summed E-state index contributed by atoms with van der Waals surface area (Å²) in [5.41, 5.74) is 2.76. The Labute approximate surface area is 237 Å². The molecule has 4 N–H and O–H groups in total. The van der Waals surface area contributed by atoms with Gasteiger partial charge in [0.25, 0.3) is 5.91 Å². The van der Waals surface area contributed by atoms with Crippen LogP contribution in [0, 0.1) is 0 Å². The molecule has 0 bridgehead atoms. The molecule has 4 amide bonds. The van der Waals surface area contributed by atoms with Gasteiger partial charge in [-0.05, 0) is 56.4 Å². The van der Waals surface area contributed by atoms with E-state index in [4.69, 9.17) is 0 Å². The zero-order chi connectivity index (χ0) is 28.5. The largest absolute Gasteiger partial charge is 0.389 e. The molecule has 2 atom stereocenters. The molecule has 40 heavy (non-hydrogen) atoms. The Hall–Kier alpha value is -3.59. The van der Waals surface area contributed by atoms with Gasteiger partial charge in [0.1, 0.15) is 0 Å². The molecule has 2 aliphatic rings. The number of benzene rings is 2. The summed E-state index contributed by atoms with van der Waals surface area (Å²) in [6, 6.07) is 14.4. The fourth-order valence-corrected chi connectivity index (χ4v) is 5.59. The second-order valence-electron chi connectivity index (χ2n) is 10.8. The Morgan fingerprint density at radius 3 is 2.48 bits per heavy atom. The van der Waals surface area contributed by atoms with Gasteiger partial charge in [-0.1, -0.05) is 49.6 Å². The number of nitrogens with zero attached hydrogens (tertiary/aromatic N) is 2. The molecular weight excluding hydrogens is 506 g/mol. The first-order chi connectivity index (χ1) is 19.4. The van der Waals surface area contributed by atoms with Crippen molar-refractivity contribution in [1.29, 1.82) is 0 Å². The van der Waals surface area contributed by atoms with E-state index in [9.17, 15) is 19.5 Å². The summed E-state index contributed by atoms with van der Waals surface area (Å²) in [6.07, 6.45) is 6.10. The Morgan fingerprint density at radius 2 is 1.82 bits per heavy atom. The van der Waals surface area contributed by atoms with Gasteiger partial charge >= 0.3 is 6.03 Å². The van der Waals surface area contributed by atoms with E-state index in [1.807, 2.05) is 43.3 Å². The summed E-state index contributed by atoms with van der Waals surface area (Å²) < 4.78 is 0. The van der Waals surface area contributed by atoms with Crippen molar-refractivity contribution in [2.75, 3.05) is 36.9 Å². The standard InChI is InChI=1S/C31H43N5O4/c1-3-35(31(40)33-24-13-8-5-9-14-24)21-28(37)27(17-22-11-6-4-7-12-22)34-30(39)23-18-25(32-2)20-26(19-23)36-16-10-15-29(36)38/h4,6-7,11-12,18-20,24,27-28,32,37H,3,5,8-10,13-17,21H2,1-2H3,(H,33,40)(H,34,39)/t27-,28-/m0/s1. The number of amides is 4. The molecule has 0 radical (unpaired) electrons. The van der Waals surface area contributed by atoms with Crippen LogP contribution < -0.4 is 20.9 Å². The van der Waals surface area contributed by atoms with Crippen LogP contribution in [0.5, 0.6) is 0 Å². The number of urea groups is 1. The number of nitrogens with one attached hydrogen (secondary N) is 3. The maximum atomic E-state index is 13.6. The predicted octanol–water partition coefficient (Wildman–Crippen LogP) is 3.92. The van der Waals surface area contributed by atoms with Crippen LogP contribution in [0.1, 0.15) is 67.8 Å². The van der Waals surface area contributed by atoms with E-state index >= 15 is 0 Å². The Bertz CT molecular complexity index is 1150. The van der Waals surface area contributed by atoms with Crippen LogP contribution in [0.25, 0.3) is 0 Å². The Balaban J connectivity index is 1.51. The molecule has 1 saturated heterocycles. The van der Waals surface area contributed by atoms with Crippen molar-refractivity contribution in [2.24, 2.45) is 0 Å². The fourth-order valence-electron chi connectivity index (χ4n) is 5.59. The molecule has 9 heteroatoms. The Kier molecular flexibility index (Phi) is 10.4. The number of hydrogen-bond acceptors (Lipinski definition) is 5. The van der Waals surface area contributed by atoms with E-state index in [-0.39, 0.29) is 30.4 Å². The van der Waals surface area contributed by atoms with Crippen molar-refractivity contribution < 1.29 is 19.5 Å². The lowest BCUT2D eigenvalue weighted by molar-refractivity contribution is -0.117. The lowest BCUT2D eigenvalue weighted by Crippen LogP contribution is -2.53. The number of hydrogen-bond donors (Lipinski definition) is 4. The van der Waals surface area contributed by atoms with Crippen LogP contribution >= 0.6 is 0 Å². The van der Waals surface area contributed by atoms with E-state index in [1.165, 1.54) is 6.42 Å². The molecule has 216 valence electrons. The first kappa shape index (κ1) is 29.4. The number of rotatable bonds is 11. The summed E-state index contributed by atoms with van der Waals surface area (Å²) in [6.45, 7) is 3.05. The van der Waals surface area contributed by atoms with Crippen molar-refractivity contribution in [1.82, 2.24) is 15.5 Å². The van der Waals surface area contributed by atoms with E-state index in [1.54, 1.807) is 29.0 Å². The minimum Gasteiger partial charge on any atom is -0.389 e. The van der Waals surface area contributed by atoms with Gasteiger partial charge < -0.3 is 30.9 Å². The maximum Gasteiger partial charge on any atom is 0.317 e. The van der Waals surface area contributed by atoms with Crippen LogP contribution in [-0.4, -0.2) is 72.7 Å². The van der Waals surface area contributed by atoms with Gasteiger partial charge in [0.15, 0.2) is 0 Å². The molecule has 4 rings (SSSR count). The average Bonchev–Trinajstić information content (AvgIpc) is 3.41. The molecule has 2 aromatic carbocycles. The molecule has 2 aromatic rings. The van der Waals surface area contributed by atoms with E-state index in [0.717, 1.165) is 43.4 Å². The zero-order valence-corrected chi connectivity index (χ0v) is 23.7. The minimum absolute atomic E-state index is 0.0446. The first-order valence-electron chi connectivity index (χ1n) is 14.6. The van der Waals surface area contributed by atoms with Crippen molar-refractivity contribution in [3.8, 4) is 0 Å². The number of carbonyl (C=O) groups excluding carboxylic acids is 3.